The van der Waals surface area contributed by atoms with E-state index >= 15 is 0 Å². The summed E-state index contributed by atoms with van der Waals surface area (Å²) < 4.78 is 5.23. The first kappa shape index (κ1) is 14.0. The van der Waals surface area contributed by atoms with E-state index in [1.807, 2.05) is 32.0 Å². The fourth-order valence-electron chi connectivity index (χ4n) is 1.48. The summed E-state index contributed by atoms with van der Waals surface area (Å²) in [6.45, 7) is 3.96. The summed E-state index contributed by atoms with van der Waals surface area (Å²) in [6.07, 6.45) is 0. The van der Waals surface area contributed by atoms with Crippen LogP contribution in [0.5, 0.6) is 5.75 Å². The van der Waals surface area contributed by atoms with Crippen LogP contribution in [0.2, 0.25) is 0 Å². The second-order valence-electron chi connectivity index (χ2n) is 4.12. The number of amides is 1. The molecule has 0 heterocycles. The average Bonchev–Trinajstić information content (AvgIpc) is 2.35. The number of carbonyl (C=O) groups is 1. The lowest BCUT2D eigenvalue weighted by molar-refractivity contribution is 0.0754. The van der Waals surface area contributed by atoms with E-state index in [1.54, 1.807) is 19.1 Å². The fourth-order valence-corrected chi connectivity index (χ4v) is 1.92. The van der Waals surface area contributed by atoms with Crippen LogP contribution in [0.3, 0.4) is 0 Å². The Bertz CT molecular complexity index is 406. The maximum absolute atomic E-state index is 12.3. The standard InChI is InChI=1S/C13H18BrNO2/c1-9-5-6-12(17-4)11(7-9)13(16)15(3)10(2)8-14/h5-7,10H,8H2,1-4H3. The number of benzene rings is 1. The zero-order valence-electron chi connectivity index (χ0n) is 10.7. The Labute approximate surface area is 111 Å². The molecule has 94 valence electrons. The minimum Gasteiger partial charge on any atom is -0.496 e. The Morgan fingerprint density at radius 1 is 1.53 bits per heavy atom. The number of nitrogens with zero attached hydrogens (tertiary/aromatic N) is 1. The summed E-state index contributed by atoms with van der Waals surface area (Å²) in [4.78, 5) is 14.0. The monoisotopic (exact) mass is 299 g/mol. The number of hydrogen-bond acceptors (Lipinski definition) is 2. The minimum absolute atomic E-state index is 0.0162. The van der Waals surface area contributed by atoms with Crippen molar-refractivity contribution in [1.82, 2.24) is 4.90 Å². The topological polar surface area (TPSA) is 29.5 Å². The number of rotatable bonds is 4. The SMILES string of the molecule is COc1ccc(C)cc1C(=O)N(C)C(C)CBr. The quantitative estimate of drug-likeness (QED) is 0.800. The van der Waals surface area contributed by atoms with Crippen LogP contribution in [-0.2, 0) is 0 Å². The Kier molecular flexibility index (Phi) is 5.00. The van der Waals surface area contributed by atoms with Gasteiger partial charge in [0.15, 0.2) is 0 Å². The van der Waals surface area contributed by atoms with Crippen LogP contribution < -0.4 is 4.74 Å². The van der Waals surface area contributed by atoms with Gasteiger partial charge in [-0.05, 0) is 26.0 Å². The van der Waals surface area contributed by atoms with Gasteiger partial charge in [0.2, 0.25) is 0 Å². The molecule has 0 aromatic heterocycles. The van der Waals surface area contributed by atoms with Crippen LogP contribution in [-0.4, -0.2) is 36.3 Å². The third kappa shape index (κ3) is 3.22. The number of methoxy groups -OCH3 is 1. The van der Waals surface area contributed by atoms with E-state index in [4.69, 9.17) is 4.74 Å². The molecule has 0 radical (unpaired) electrons. The number of hydrogen-bond donors (Lipinski definition) is 0. The molecule has 0 spiro atoms. The van der Waals surface area contributed by atoms with Gasteiger partial charge < -0.3 is 9.64 Å². The highest BCUT2D eigenvalue weighted by molar-refractivity contribution is 9.09. The van der Waals surface area contributed by atoms with E-state index in [1.165, 1.54) is 0 Å². The fraction of sp³-hybridized carbons (Fsp3) is 0.462. The summed E-state index contributed by atoms with van der Waals surface area (Å²) in [5.41, 5.74) is 1.66. The maximum Gasteiger partial charge on any atom is 0.257 e. The molecule has 1 aromatic carbocycles. The van der Waals surface area contributed by atoms with Gasteiger partial charge in [0.25, 0.3) is 5.91 Å². The van der Waals surface area contributed by atoms with Gasteiger partial charge in [-0.15, -0.1) is 0 Å². The number of alkyl halides is 1. The molecule has 4 heteroatoms. The zero-order chi connectivity index (χ0) is 13.0. The van der Waals surface area contributed by atoms with Crippen molar-refractivity contribution in [3.05, 3.63) is 29.3 Å². The van der Waals surface area contributed by atoms with Crippen molar-refractivity contribution in [1.29, 1.82) is 0 Å². The van der Waals surface area contributed by atoms with Crippen LogP contribution in [0.4, 0.5) is 0 Å². The molecular formula is C13H18BrNO2. The molecule has 0 fully saturated rings. The first-order chi connectivity index (χ1) is 8.01. The molecular weight excluding hydrogens is 282 g/mol. The second-order valence-corrected chi connectivity index (χ2v) is 4.77. The molecule has 0 N–H and O–H groups in total. The molecule has 1 rings (SSSR count). The van der Waals surface area contributed by atoms with Gasteiger partial charge in [0.05, 0.1) is 12.7 Å². The lowest BCUT2D eigenvalue weighted by Crippen LogP contribution is -2.36. The van der Waals surface area contributed by atoms with Gasteiger partial charge in [0.1, 0.15) is 5.75 Å². The van der Waals surface area contributed by atoms with Crippen LogP contribution in [0.1, 0.15) is 22.8 Å². The van der Waals surface area contributed by atoms with E-state index in [0.29, 0.717) is 11.3 Å². The Balaban J connectivity index is 3.06. The van der Waals surface area contributed by atoms with Crippen molar-refractivity contribution in [3.8, 4) is 5.75 Å². The van der Waals surface area contributed by atoms with Gasteiger partial charge in [-0.1, -0.05) is 27.6 Å². The Hall–Kier alpha value is -1.03. The van der Waals surface area contributed by atoms with Gasteiger partial charge in [0, 0.05) is 18.4 Å². The van der Waals surface area contributed by atoms with E-state index in [-0.39, 0.29) is 11.9 Å². The molecule has 0 aliphatic heterocycles. The number of carbonyl (C=O) groups excluding carboxylic acids is 1. The molecule has 0 saturated carbocycles. The van der Waals surface area contributed by atoms with Gasteiger partial charge in [-0.2, -0.15) is 0 Å². The van der Waals surface area contributed by atoms with E-state index in [2.05, 4.69) is 15.9 Å². The lowest BCUT2D eigenvalue weighted by Gasteiger charge is -2.24. The Morgan fingerprint density at radius 3 is 2.71 bits per heavy atom. The Morgan fingerprint density at radius 2 is 2.18 bits per heavy atom. The largest absolute Gasteiger partial charge is 0.496 e. The molecule has 0 bridgehead atoms. The van der Waals surface area contributed by atoms with Crippen LogP contribution in [0.15, 0.2) is 18.2 Å². The van der Waals surface area contributed by atoms with Crippen molar-refractivity contribution in [3.63, 3.8) is 0 Å². The number of aryl methyl sites for hydroxylation is 1. The summed E-state index contributed by atoms with van der Waals surface area (Å²) in [7, 11) is 3.38. The molecule has 1 aromatic rings. The average molecular weight is 300 g/mol. The van der Waals surface area contributed by atoms with Crippen molar-refractivity contribution in [2.24, 2.45) is 0 Å². The van der Waals surface area contributed by atoms with Crippen molar-refractivity contribution < 1.29 is 9.53 Å². The number of ether oxygens (including phenoxy) is 1. The van der Waals surface area contributed by atoms with Crippen molar-refractivity contribution in [2.45, 2.75) is 19.9 Å². The van der Waals surface area contributed by atoms with Crippen LogP contribution in [0.25, 0.3) is 0 Å². The predicted molar refractivity (Wildman–Crippen MR) is 73.1 cm³/mol. The third-order valence-electron chi connectivity index (χ3n) is 2.79. The number of halogens is 1. The summed E-state index contributed by atoms with van der Waals surface area (Å²) >= 11 is 3.38. The normalized spacial score (nSPS) is 12.1. The molecule has 0 aliphatic rings. The maximum atomic E-state index is 12.3. The smallest absolute Gasteiger partial charge is 0.257 e. The minimum atomic E-state index is -0.0162. The first-order valence-electron chi connectivity index (χ1n) is 5.49. The van der Waals surface area contributed by atoms with E-state index in [9.17, 15) is 4.79 Å². The van der Waals surface area contributed by atoms with Crippen molar-refractivity contribution >= 4 is 21.8 Å². The summed E-state index contributed by atoms with van der Waals surface area (Å²) in [5.74, 6) is 0.603. The van der Waals surface area contributed by atoms with Gasteiger partial charge in [-0.3, -0.25) is 4.79 Å². The molecule has 0 saturated heterocycles. The molecule has 1 atom stereocenters. The van der Waals surface area contributed by atoms with Crippen LogP contribution >= 0.6 is 15.9 Å². The molecule has 1 unspecified atom stereocenters. The lowest BCUT2D eigenvalue weighted by atomic mass is 10.1. The molecule has 3 nitrogen and oxygen atoms in total. The van der Waals surface area contributed by atoms with E-state index in [0.717, 1.165) is 10.9 Å². The highest BCUT2D eigenvalue weighted by atomic mass is 79.9. The van der Waals surface area contributed by atoms with Gasteiger partial charge in [-0.25, -0.2) is 0 Å². The summed E-state index contributed by atoms with van der Waals surface area (Å²) in [6, 6.07) is 5.77. The van der Waals surface area contributed by atoms with E-state index < -0.39 is 0 Å². The van der Waals surface area contributed by atoms with Crippen LogP contribution in [0, 0.1) is 6.92 Å². The predicted octanol–water partition coefficient (Wildman–Crippen LogP) is 2.86. The highest BCUT2D eigenvalue weighted by Gasteiger charge is 2.20. The van der Waals surface area contributed by atoms with Gasteiger partial charge >= 0.3 is 0 Å². The first-order valence-corrected chi connectivity index (χ1v) is 6.61. The van der Waals surface area contributed by atoms with Crippen molar-refractivity contribution in [2.75, 3.05) is 19.5 Å². The molecule has 0 aliphatic carbocycles. The highest BCUT2D eigenvalue weighted by Crippen LogP contribution is 2.21. The zero-order valence-corrected chi connectivity index (χ0v) is 12.2. The summed E-state index contributed by atoms with van der Waals surface area (Å²) in [5, 5.41) is 0.753. The molecule has 1 amide bonds. The third-order valence-corrected chi connectivity index (χ3v) is 3.73. The second kappa shape index (κ2) is 6.05. The molecule has 17 heavy (non-hydrogen) atoms.